The van der Waals surface area contributed by atoms with Crippen molar-refractivity contribution in [3.8, 4) is 0 Å². The van der Waals surface area contributed by atoms with Crippen LogP contribution in [0.4, 0.5) is 0 Å². The lowest BCUT2D eigenvalue weighted by molar-refractivity contribution is 0.0947. The largest absolute Gasteiger partial charge is 0.422 e. The highest BCUT2D eigenvalue weighted by Crippen LogP contribution is 2.14. The fourth-order valence-corrected chi connectivity index (χ4v) is 2.79. The van der Waals surface area contributed by atoms with E-state index in [1.807, 2.05) is 0 Å². The predicted octanol–water partition coefficient (Wildman–Crippen LogP) is 1.96. The van der Waals surface area contributed by atoms with Crippen molar-refractivity contribution in [2.75, 3.05) is 0 Å². The van der Waals surface area contributed by atoms with Crippen LogP contribution in [0.1, 0.15) is 16.1 Å². The van der Waals surface area contributed by atoms with Crippen molar-refractivity contribution in [1.82, 2.24) is 15.5 Å². The average molecular weight is 347 g/mol. The molecule has 0 aliphatic rings. The zero-order chi connectivity index (χ0) is 18.1. The molecule has 0 atom stereocenters. The molecule has 0 unspecified atom stereocenters. The van der Waals surface area contributed by atoms with Crippen LogP contribution in [0.25, 0.3) is 21.7 Å². The maximum absolute atomic E-state index is 12.4. The molecule has 4 rings (SSSR count). The maximum atomic E-state index is 12.4. The molecule has 0 aliphatic carbocycles. The Balaban J connectivity index is 1.64. The highest BCUT2D eigenvalue weighted by molar-refractivity contribution is 5.96. The third-order valence-electron chi connectivity index (χ3n) is 4.08. The Morgan fingerprint density at radius 3 is 2.62 bits per heavy atom. The molecule has 128 valence electrons. The van der Waals surface area contributed by atoms with Crippen molar-refractivity contribution in [1.29, 1.82) is 0 Å². The van der Waals surface area contributed by atoms with Crippen LogP contribution in [0.5, 0.6) is 0 Å². The van der Waals surface area contributed by atoms with E-state index in [9.17, 15) is 14.4 Å². The molecule has 7 heteroatoms. The molecule has 26 heavy (non-hydrogen) atoms. The molecular formula is C19H13N3O4. The Hall–Kier alpha value is -3.74. The third kappa shape index (κ3) is 2.75. The molecule has 2 aromatic heterocycles. The lowest BCUT2D eigenvalue weighted by Crippen LogP contribution is -2.28. The Kier molecular flexibility index (Phi) is 3.81. The summed E-state index contributed by atoms with van der Waals surface area (Å²) in [5.41, 5.74) is -0.176. The summed E-state index contributed by atoms with van der Waals surface area (Å²) in [6, 6.07) is 15.4. The van der Waals surface area contributed by atoms with Gasteiger partial charge in [0.1, 0.15) is 11.1 Å². The van der Waals surface area contributed by atoms with Crippen molar-refractivity contribution >= 4 is 27.6 Å². The number of H-pyrrole nitrogens is 1. The van der Waals surface area contributed by atoms with E-state index in [1.54, 1.807) is 48.5 Å². The summed E-state index contributed by atoms with van der Waals surface area (Å²) in [6.07, 6.45) is 0. The van der Waals surface area contributed by atoms with Crippen LogP contribution in [0.15, 0.2) is 68.6 Å². The summed E-state index contributed by atoms with van der Waals surface area (Å²) in [5, 5.41) is 10.8. The topological polar surface area (TPSA) is 105 Å². The number of benzene rings is 2. The SMILES string of the molecule is O=C(NCc1n[nH]c(=O)c2ccccc12)c1cc2ccccc2oc1=O. The van der Waals surface area contributed by atoms with Crippen molar-refractivity contribution in [3.05, 3.63) is 86.6 Å². The number of rotatable bonds is 3. The molecule has 0 saturated carbocycles. The first-order valence-corrected chi connectivity index (χ1v) is 7.91. The van der Waals surface area contributed by atoms with E-state index in [2.05, 4.69) is 15.5 Å². The van der Waals surface area contributed by atoms with E-state index >= 15 is 0 Å². The van der Waals surface area contributed by atoms with Crippen molar-refractivity contribution in [2.45, 2.75) is 6.54 Å². The van der Waals surface area contributed by atoms with E-state index < -0.39 is 11.5 Å². The fourth-order valence-electron chi connectivity index (χ4n) is 2.79. The third-order valence-corrected chi connectivity index (χ3v) is 4.08. The van der Waals surface area contributed by atoms with Gasteiger partial charge >= 0.3 is 5.63 Å². The maximum Gasteiger partial charge on any atom is 0.349 e. The number of hydrogen-bond acceptors (Lipinski definition) is 5. The van der Waals surface area contributed by atoms with Crippen LogP contribution >= 0.6 is 0 Å². The van der Waals surface area contributed by atoms with E-state index in [-0.39, 0.29) is 17.7 Å². The van der Waals surface area contributed by atoms with E-state index in [1.165, 1.54) is 6.07 Å². The molecule has 2 N–H and O–H groups in total. The van der Waals surface area contributed by atoms with Gasteiger partial charge in [-0.3, -0.25) is 9.59 Å². The smallest absolute Gasteiger partial charge is 0.349 e. The van der Waals surface area contributed by atoms with Crippen molar-refractivity contribution in [3.63, 3.8) is 0 Å². The summed E-state index contributed by atoms with van der Waals surface area (Å²) in [6.45, 7) is 0.0579. The summed E-state index contributed by atoms with van der Waals surface area (Å²) < 4.78 is 5.17. The zero-order valence-corrected chi connectivity index (χ0v) is 13.5. The summed E-state index contributed by atoms with van der Waals surface area (Å²) in [5.74, 6) is -0.568. The Bertz CT molecular complexity index is 1260. The lowest BCUT2D eigenvalue weighted by atomic mass is 10.1. The van der Waals surface area contributed by atoms with Gasteiger partial charge in [-0.15, -0.1) is 0 Å². The second-order valence-corrected chi connectivity index (χ2v) is 5.71. The number of aromatic amines is 1. The molecule has 0 saturated heterocycles. The quantitative estimate of drug-likeness (QED) is 0.551. The highest BCUT2D eigenvalue weighted by Gasteiger charge is 2.14. The predicted molar refractivity (Wildman–Crippen MR) is 96.0 cm³/mol. The number of hydrogen-bond donors (Lipinski definition) is 2. The molecule has 7 nitrogen and oxygen atoms in total. The van der Waals surface area contributed by atoms with E-state index in [0.717, 1.165) is 0 Å². The number of para-hydroxylation sites is 1. The minimum Gasteiger partial charge on any atom is -0.422 e. The minimum absolute atomic E-state index is 0.0579. The van der Waals surface area contributed by atoms with Crippen LogP contribution in [-0.4, -0.2) is 16.1 Å². The molecule has 2 heterocycles. The van der Waals surface area contributed by atoms with Gasteiger partial charge in [0.05, 0.1) is 17.6 Å². The molecule has 0 radical (unpaired) electrons. The average Bonchev–Trinajstić information content (AvgIpc) is 2.67. The monoisotopic (exact) mass is 347 g/mol. The van der Waals surface area contributed by atoms with Gasteiger partial charge in [0.2, 0.25) is 0 Å². The first-order chi connectivity index (χ1) is 12.6. The molecule has 0 aliphatic heterocycles. The van der Waals surface area contributed by atoms with E-state index in [0.29, 0.717) is 27.4 Å². The first-order valence-electron chi connectivity index (χ1n) is 7.91. The number of carbonyl (C=O) groups excluding carboxylic acids is 1. The summed E-state index contributed by atoms with van der Waals surface area (Å²) >= 11 is 0. The van der Waals surface area contributed by atoms with Gasteiger partial charge in [0, 0.05) is 10.8 Å². The number of carbonyl (C=O) groups is 1. The number of amides is 1. The molecule has 0 bridgehead atoms. The van der Waals surface area contributed by atoms with Crippen LogP contribution in [0, 0.1) is 0 Å². The Labute approximate surface area is 146 Å². The first kappa shape index (κ1) is 15.8. The molecule has 2 aromatic carbocycles. The molecule has 0 fully saturated rings. The molecule has 1 amide bonds. The van der Waals surface area contributed by atoms with Crippen molar-refractivity contribution in [2.24, 2.45) is 0 Å². The Morgan fingerprint density at radius 1 is 1.04 bits per heavy atom. The van der Waals surface area contributed by atoms with Gasteiger partial charge in [-0.05, 0) is 18.2 Å². The zero-order valence-electron chi connectivity index (χ0n) is 13.5. The van der Waals surface area contributed by atoms with Crippen LogP contribution in [0.2, 0.25) is 0 Å². The number of aromatic nitrogens is 2. The molecule has 4 aromatic rings. The van der Waals surface area contributed by atoms with Gasteiger partial charge < -0.3 is 9.73 Å². The Morgan fingerprint density at radius 2 is 1.77 bits per heavy atom. The van der Waals surface area contributed by atoms with Gasteiger partial charge in [-0.25, -0.2) is 9.89 Å². The number of nitrogens with zero attached hydrogens (tertiary/aromatic N) is 1. The van der Waals surface area contributed by atoms with Crippen LogP contribution in [0.3, 0.4) is 0 Å². The molecule has 0 spiro atoms. The standard InChI is InChI=1S/C19H13N3O4/c23-17(14-9-11-5-1-4-8-16(11)26-19(14)25)20-10-15-12-6-2-3-7-13(12)18(24)22-21-15/h1-9H,10H2,(H,20,23)(H,22,24). The minimum atomic E-state index is -0.708. The lowest BCUT2D eigenvalue weighted by Gasteiger charge is -2.07. The fraction of sp³-hybridized carbons (Fsp3) is 0.0526. The molecular weight excluding hydrogens is 334 g/mol. The van der Waals surface area contributed by atoms with Crippen LogP contribution < -0.4 is 16.5 Å². The summed E-state index contributed by atoms with van der Waals surface area (Å²) in [7, 11) is 0. The second kappa shape index (κ2) is 6.29. The highest BCUT2D eigenvalue weighted by atomic mass is 16.4. The normalized spacial score (nSPS) is 10.9. The van der Waals surface area contributed by atoms with Crippen LogP contribution in [-0.2, 0) is 6.54 Å². The van der Waals surface area contributed by atoms with Gasteiger partial charge in [-0.2, -0.15) is 5.10 Å². The number of fused-ring (bicyclic) bond motifs is 2. The van der Waals surface area contributed by atoms with Gasteiger partial charge in [-0.1, -0.05) is 36.4 Å². The number of nitrogens with one attached hydrogen (secondary N) is 2. The summed E-state index contributed by atoms with van der Waals surface area (Å²) in [4.78, 5) is 36.3. The van der Waals surface area contributed by atoms with Gasteiger partial charge in [0.25, 0.3) is 11.5 Å². The second-order valence-electron chi connectivity index (χ2n) is 5.71. The van der Waals surface area contributed by atoms with Gasteiger partial charge in [0.15, 0.2) is 0 Å². The van der Waals surface area contributed by atoms with Crippen molar-refractivity contribution < 1.29 is 9.21 Å². The van der Waals surface area contributed by atoms with E-state index in [4.69, 9.17) is 4.42 Å².